The first-order valence-electron chi connectivity index (χ1n) is 8.58. The highest BCUT2D eigenvalue weighted by Crippen LogP contribution is 2.29. The Balaban J connectivity index is 1.47. The Kier molecular flexibility index (Phi) is 4.64. The molecular formula is C21H18BrFN2O. The summed E-state index contributed by atoms with van der Waals surface area (Å²) in [5.41, 5.74) is 4.12. The van der Waals surface area contributed by atoms with Crippen LogP contribution in [0.2, 0.25) is 0 Å². The van der Waals surface area contributed by atoms with E-state index in [1.165, 1.54) is 17.7 Å². The topological polar surface area (TPSA) is 36.1 Å². The van der Waals surface area contributed by atoms with Crippen molar-refractivity contribution in [3.8, 4) is 0 Å². The van der Waals surface area contributed by atoms with Crippen molar-refractivity contribution in [2.45, 2.75) is 12.8 Å². The third-order valence-corrected chi connectivity index (χ3v) is 5.35. The first-order valence-corrected chi connectivity index (χ1v) is 9.38. The molecule has 2 heterocycles. The molecule has 0 saturated carbocycles. The second-order valence-corrected chi connectivity index (χ2v) is 7.43. The van der Waals surface area contributed by atoms with Crippen molar-refractivity contribution in [2.75, 3.05) is 13.1 Å². The molecule has 3 aromatic rings. The van der Waals surface area contributed by atoms with Gasteiger partial charge < -0.3 is 9.88 Å². The Morgan fingerprint density at radius 2 is 2.00 bits per heavy atom. The van der Waals surface area contributed by atoms with Gasteiger partial charge in [-0.15, -0.1) is 0 Å². The third-order valence-electron chi connectivity index (χ3n) is 4.82. The number of fused-ring (bicyclic) bond motifs is 1. The number of carbonyl (C=O) groups excluding carboxylic acids is 1. The molecule has 0 fully saturated rings. The van der Waals surface area contributed by atoms with Gasteiger partial charge in [-0.25, -0.2) is 4.39 Å². The Labute approximate surface area is 159 Å². The number of halogens is 2. The number of carbonyl (C=O) groups is 1. The summed E-state index contributed by atoms with van der Waals surface area (Å²) in [6.45, 7) is 1.31. The molecule has 26 heavy (non-hydrogen) atoms. The van der Waals surface area contributed by atoms with Gasteiger partial charge in [-0.1, -0.05) is 34.1 Å². The Hall–Kier alpha value is -2.40. The van der Waals surface area contributed by atoms with E-state index in [0.29, 0.717) is 19.5 Å². The quantitative estimate of drug-likeness (QED) is 0.650. The Morgan fingerprint density at radius 3 is 2.73 bits per heavy atom. The van der Waals surface area contributed by atoms with Gasteiger partial charge in [-0.3, -0.25) is 4.79 Å². The van der Waals surface area contributed by atoms with Crippen molar-refractivity contribution < 1.29 is 9.18 Å². The molecule has 0 spiro atoms. The lowest BCUT2D eigenvalue weighted by Gasteiger charge is -2.26. The van der Waals surface area contributed by atoms with Gasteiger partial charge in [-0.2, -0.15) is 0 Å². The first kappa shape index (κ1) is 17.0. The number of benzene rings is 2. The number of rotatable bonds is 3. The highest BCUT2D eigenvalue weighted by Gasteiger charge is 2.19. The van der Waals surface area contributed by atoms with Gasteiger partial charge in [0.25, 0.3) is 0 Å². The van der Waals surface area contributed by atoms with E-state index in [1.54, 1.807) is 0 Å². The number of nitrogens with one attached hydrogen (secondary N) is 1. The van der Waals surface area contributed by atoms with E-state index in [4.69, 9.17) is 0 Å². The van der Waals surface area contributed by atoms with Gasteiger partial charge in [0, 0.05) is 40.2 Å². The summed E-state index contributed by atoms with van der Waals surface area (Å²) in [4.78, 5) is 17.6. The molecule has 0 bridgehead atoms. The largest absolute Gasteiger partial charge is 0.360 e. The fourth-order valence-electron chi connectivity index (χ4n) is 3.39. The van der Waals surface area contributed by atoms with Crippen LogP contribution >= 0.6 is 15.9 Å². The van der Waals surface area contributed by atoms with E-state index in [0.717, 1.165) is 32.9 Å². The van der Waals surface area contributed by atoms with Crippen LogP contribution in [-0.2, 0) is 11.2 Å². The summed E-state index contributed by atoms with van der Waals surface area (Å²) in [5.74, 6) is -0.100. The highest BCUT2D eigenvalue weighted by molar-refractivity contribution is 9.10. The van der Waals surface area contributed by atoms with E-state index in [2.05, 4.69) is 27.0 Å². The molecule has 0 atom stereocenters. The predicted octanol–water partition coefficient (Wildman–Crippen LogP) is 4.93. The van der Waals surface area contributed by atoms with Crippen molar-refractivity contribution in [1.29, 1.82) is 0 Å². The van der Waals surface area contributed by atoms with Crippen molar-refractivity contribution in [3.63, 3.8) is 0 Å². The highest BCUT2D eigenvalue weighted by atomic mass is 79.9. The second kappa shape index (κ2) is 7.08. The van der Waals surface area contributed by atoms with Gasteiger partial charge in [0.15, 0.2) is 0 Å². The van der Waals surface area contributed by atoms with Gasteiger partial charge in [0.1, 0.15) is 5.82 Å². The van der Waals surface area contributed by atoms with Crippen LogP contribution in [0.25, 0.3) is 16.5 Å². The van der Waals surface area contributed by atoms with Gasteiger partial charge in [0.2, 0.25) is 5.91 Å². The molecule has 0 unspecified atom stereocenters. The van der Waals surface area contributed by atoms with Crippen molar-refractivity contribution in [1.82, 2.24) is 9.88 Å². The second-order valence-electron chi connectivity index (χ2n) is 6.51. The molecule has 132 valence electrons. The molecule has 2 aromatic carbocycles. The molecule has 1 aliphatic heterocycles. The zero-order valence-corrected chi connectivity index (χ0v) is 15.7. The fourth-order valence-corrected chi connectivity index (χ4v) is 3.66. The lowest BCUT2D eigenvalue weighted by Crippen LogP contribution is -2.35. The molecule has 1 aromatic heterocycles. The number of hydrogen-bond donors (Lipinski definition) is 1. The van der Waals surface area contributed by atoms with Crippen molar-refractivity contribution in [2.24, 2.45) is 0 Å². The average molecular weight is 413 g/mol. The van der Waals surface area contributed by atoms with E-state index >= 15 is 0 Å². The fraction of sp³-hybridized carbons (Fsp3) is 0.190. The number of aromatic amines is 1. The molecule has 0 aliphatic carbocycles. The minimum Gasteiger partial charge on any atom is -0.360 e. The zero-order valence-electron chi connectivity index (χ0n) is 14.1. The van der Waals surface area contributed by atoms with Crippen LogP contribution in [-0.4, -0.2) is 28.9 Å². The zero-order chi connectivity index (χ0) is 18.1. The van der Waals surface area contributed by atoms with Gasteiger partial charge in [-0.05, 0) is 47.9 Å². The van der Waals surface area contributed by atoms with E-state index < -0.39 is 0 Å². The molecule has 4 rings (SSSR count). The Morgan fingerprint density at radius 1 is 1.19 bits per heavy atom. The summed E-state index contributed by atoms with van der Waals surface area (Å²) in [7, 11) is 0. The predicted molar refractivity (Wildman–Crippen MR) is 105 cm³/mol. The monoisotopic (exact) mass is 412 g/mol. The molecule has 1 amide bonds. The molecule has 1 N–H and O–H groups in total. The van der Waals surface area contributed by atoms with Crippen molar-refractivity contribution >= 4 is 38.3 Å². The van der Waals surface area contributed by atoms with Crippen LogP contribution in [0, 0.1) is 5.82 Å². The first-order chi connectivity index (χ1) is 12.6. The van der Waals surface area contributed by atoms with Crippen molar-refractivity contribution in [3.05, 3.63) is 76.2 Å². The Bertz CT molecular complexity index is 991. The number of aromatic nitrogens is 1. The molecule has 5 heteroatoms. The normalized spacial score (nSPS) is 14.5. The van der Waals surface area contributed by atoms with E-state index in [9.17, 15) is 9.18 Å². The lowest BCUT2D eigenvalue weighted by molar-refractivity contribution is -0.130. The van der Waals surface area contributed by atoms with E-state index in [-0.39, 0.29) is 11.7 Å². The minimum absolute atomic E-state index is 0.142. The number of nitrogens with zero attached hydrogens (tertiary/aromatic N) is 1. The van der Waals surface area contributed by atoms with Gasteiger partial charge in [0.05, 0.1) is 6.42 Å². The lowest BCUT2D eigenvalue weighted by atomic mass is 9.98. The molecule has 3 nitrogen and oxygen atoms in total. The van der Waals surface area contributed by atoms with Crippen LogP contribution in [0.1, 0.15) is 17.5 Å². The summed E-state index contributed by atoms with van der Waals surface area (Å²) < 4.78 is 14.4. The third kappa shape index (κ3) is 3.44. The molecule has 0 saturated heterocycles. The van der Waals surface area contributed by atoms with Crippen LogP contribution in [0.15, 0.2) is 59.2 Å². The summed E-state index contributed by atoms with van der Waals surface area (Å²) in [6.07, 6.45) is 5.25. The summed E-state index contributed by atoms with van der Waals surface area (Å²) >= 11 is 3.41. The maximum absolute atomic E-state index is 13.3. The molecule has 0 radical (unpaired) electrons. The summed E-state index contributed by atoms with van der Waals surface area (Å²) in [6, 6.07) is 12.7. The van der Waals surface area contributed by atoms with Gasteiger partial charge >= 0.3 is 0 Å². The maximum Gasteiger partial charge on any atom is 0.227 e. The smallest absolute Gasteiger partial charge is 0.227 e. The van der Waals surface area contributed by atoms with Crippen LogP contribution in [0.4, 0.5) is 4.39 Å². The van der Waals surface area contributed by atoms with Crippen LogP contribution in [0.3, 0.4) is 0 Å². The minimum atomic E-state index is -0.242. The number of hydrogen-bond acceptors (Lipinski definition) is 1. The molecule has 1 aliphatic rings. The standard InChI is InChI=1S/C21H18BrFN2O/c22-16-3-1-14(2-4-16)11-21(26)25-9-7-15(8-10-25)19-13-24-20-12-17(23)5-6-18(19)20/h1-7,12-13,24H,8-11H2. The maximum atomic E-state index is 13.3. The average Bonchev–Trinajstić information content (AvgIpc) is 3.06. The SMILES string of the molecule is O=C(Cc1ccc(Br)cc1)N1CC=C(c2c[nH]c3cc(F)ccc23)CC1. The van der Waals surface area contributed by atoms with Crippen LogP contribution in [0.5, 0.6) is 0 Å². The number of H-pyrrole nitrogens is 1. The summed E-state index contributed by atoms with van der Waals surface area (Å²) in [5, 5.41) is 1.02. The number of amides is 1. The molecular weight excluding hydrogens is 395 g/mol. The van der Waals surface area contributed by atoms with E-state index in [1.807, 2.05) is 41.4 Å². The van der Waals surface area contributed by atoms with Crippen LogP contribution < -0.4 is 0 Å².